The first-order valence-corrected chi connectivity index (χ1v) is 8.16. The van der Waals surface area contributed by atoms with Crippen molar-refractivity contribution in [1.82, 2.24) is 10.6 Å². The summed E-state index contributed by atoms with van der Waals surface area (Å²) in [6, 6.07) is 15.3. The lowest BCUT2D eigenvalue weighted by atomic mass is 9.85. The normalized spacial score (nSPS) is 18.8. The summed E-state index contributed by atoms with van der Waals surface area (Å²) < 4.78 is 5.08. The highest BCUT2D eigenvalue weighted by Gasteiger charge is 2.47. The van der Waals surface area contributed by atoms with Crippen LogP contribution in [-0.2, 0) is 15.1 Å². The molecule has 1 saturated heterocycles. The Labute approximate surface area is 150 Å². The molecule has 0 aromatic heterocycles. The number of carbonyl (C=O) groups is 3. The Kier molecular flexibility index (Phi) is 4.88. The van der Waals surface area contributed by atoms with E-state index in [1.165, 1.54) is 0 Å². The number of carbonyl (C=O) groups excluding carboxylic acids is 3. The number of nitrogens with one attached hydrogen (secondary N) is 3. The number of methoxy groups -OCH3 is 1. The van der Waals surface area contributed by atoms with Crippen molar-refractivity contribution < 1.29 is 19.1 Å². The van der Waals surface area contributed by atoms with Gasteiger partial charge in [-0.05, 0) is 36.2 Å². The zero-order valence-corrected chi connectivity index (χ0v) is 14.2. The van der Waals surface area contributed by atoms with Crippen LogP contribution in [-0.4, -0.2) is 25.0 Å². The lowest BCUT2D eigenvalue weighted by molar-refractivity contribution is -0.125. The van der Waals surface area contributed by atoms with E-state index in [1.807, 2.05) is 6.07 Å². The molecule has 2 aromatic rings. The molecule has 2 aromatic carbocycles. The predicted octanol–water partition coefficient (Wildman–Crippen LogP) is 2.15. The van der Waals surface area contributed by atoms with Gasteiger partial charge < -0.3 is 15.4 Å². The molecule has 0 spiro atoms. The Morgan fingerprint density at radius 2 is 1.77 bits per heavy atom. The van der Waals surface area contributed by atoms with Crippen molar-refractivity contribution in [3.8, 4) is 5.75 Å². The van der Waals surface area contributed by atoms with Crippen LogP contribution >= 0.6 is 0 Å². The number of benzene rings is 2. The third kappa shape index (κ3) is 3.51. The average Bonchev–Trinajstić information content (AvgIpc) is 2.96. The number of rotatable bonds is 6. The lowest BCUT2D eigenvalue weighted by Gasteiger charge is -2.26. The fourth-order valence-corrected chi connectivity index (χ4v) is 2.94. The molecule has 134 valence electrons. The van der Waals surface area contributed by atoms with E-state index >= 15 is 0 Å². The second-order valence-electron chi connectivity index (χ2n) is 5.96. The number of ether oxygens (including phenoxy) is 1. The highest BCUT2D eigenvalue weighted by atomic mass is 16.5. The third-order valence-electron chi connectivity index (χ3n) is 4.31. The van der Waals surface area contributed by atoms with E-state index in [9.17, 15) is 14.4 Å². The van der Waals surface area contributed by atoms with Crippen LogP contribution in [0.5, 0.6) is 5.75 Å². The Balaban J connectivity index is 1.71. The smallest absolute Gasteiger partial charge is 0.322 e. The van der Waals surface area contributed by atoms with Crippen molar-refractivity contribution in [2.45, 2.75) is 18.4 Å². The molecule has 4 amide bonds. The van der Waals surface area contributed by atoms with Crippen LogP contribution in [0.25, 0.3) is 0 Å². The van der Waals surface area contributed by atoms with Gasteiger partial charge in [0.1, 0.15) is 11.3 Å². The summed E-state index contributed by atoms with van der Waals surface area (Å²) in [5.74, 6) is -0.0123. The van der Waals surface area contributed by atoms with E-state index in [0.29, 0.717) is 17.0 Å². The van der Waals surface area contributed by atoms with Crippen LogP contribution in [0.4, 0.5) is 10.5 Å². The molecule has 7 heteroatoms. The Morgan fingerprint density at radius 3 is 2.35 bits per heavy atom. The van der Waals surface area contributed by atoms with Gasteiger partial charge in [0.05, 0.1) is 7.11 Å². The molecule has 26 heavy (non-hydrogen) atoms. The number of urea groups is 1. The van der Waals surface area contributed by atoms with Gasteiger partial charge in [-0.25, -0.2) is 4.79 Å². The first-order chi connectivity index (χ1) is 12.5. The van der Waals surface area contributed by atoms with Gasteiger partial charge in [0, 0.05) is 12.1 Å². The van der Waals surface area contributed by atoms with E-state index in [0.717, 1.165) is 0 Å². The van der Waals surface area contributed by atoms with Crippen LogP contribution in [0.1, 0.15) is 18.4 Å². The molecule has 0 saturated carbocycles. The second kappa shape index (κ2) is 7.26. The van der Waals surface area contributed by atoms with E-state index in [1.54, 1.807) is 55.6 Å². The van der Waals surface area contributed by atoms with Crippen molar-refractivity contribution in [3.63, 3.8) is 0 Å². The molecule has 0 radical (unpaired) electrons. The summed E-state index contributed by atoms with van der Waals surface area (Å²) in [5, 5.41) is 7.70. The fourth-order valence-electron chi connectivity index (χ4n) is 2.94. The summed E-state index contributed by atoms with van der Waals surface area (Å²) in [7, 11) is 1.57. The zero-order chi connectivity index (χ0) is 18.6. The summed E-state index contributed by atoms with van der Waals surface area (Å²) in [4.78, 5) is 36.4. The van der Waals surface area contributed by atoms with Crippen molar-refractivity contribution in [2.24, 2.45) is 0 Å². The monoisotopic (exact) mass is 353 g/mol. The van der Waals surface area contributed by atoms with Crippen molar-refractivity contribution in [1.29, 1.82) is 0 Å². The van der Waals surface area contributed by atoms with Gasteiger partial charge >= 0.3 is 6.03 Å². The number of hydrogen-bond donors (Lipinski definition) is 3. The molecular weight excluding hydrogens is 334 g/mol. The second-order valence-corrected chi connectivity index (χ2v) is 5.96. The van der Waals surface area contributed by atoms with E-state index in [2.05, 4.69) is 16.0 Å². The maximum Gasteiger partial charge on any atom is 0.322 e. The molecule has 1 unspecified atom stereocenters. The topological polar surface area (TPSA) is 96.5 Å². The van der Waals surface area contributed by atoms with Crippen LogP contribution < -0.4 is 20.7 Å². The minimum absolute atomic E-state index is 0.0641. The van der Waals surface area contributed by atoms with Crippen LogP contribution in [0.3, 0.4) is 0 Å². The first kappa shape index (κ1) is 17.5. The quantitative estimate of drug-likeness (QED) is 0.693. The highest BCUT2D eigenvalue weighted by molar-refractivity contribution is 6.07. The Morgan fingerprint density at radius 1 is 1.08 bits per heavy atom. The number of amides is 4. The van der Waals surface area contributed by atoms with Gasteiger partial charge in [-0.15, -0.1) is 0 Å². The fraction of sp³-hybridized carbons (Fsp3) is 0.211. The van der Waals surface area contributed by atoms with Gasteiger partial charge in [0.15, 0.2) is 0 Å². The largest absolute Gasteiger partial charge is 0.497 e. The van der Waals surface area contributed by atoms with Crippen LogP contribution in [0.15, 0.2) is 54.6 Å². The highest BCUT2D eigenvalue weighted by Crippen LogP contribution is 2.30. The predicted molar refractivity (Wildman–Crippen MR) is 95.7 cm³/mol. The lowest BCUT2D eigenvalue weighted by Crippen LogP contribution is -2.44. The molecule has 1 fully saturated rings. The van der Waals surface area contributed by atoms with E-state index < -0.39 is 17.5 Å². The zero-order valence-electron chi connectivity index (χ0n) is 14.2. The number of imide groups is 1. The number of hydrogen-bond acceptors (Lipinski definition) is 4. The Hall–Kier alpha value is -3.35. The average molecular weight is 353 g/mol. The maximum atomic E-state index is 12.4. The summed E-state index contributed by atoms with van der Waals surface area (Å²) >= 11 is 0. The third-order valence-corrected chi connectivity index (χ3v) is 4.31. The van der Waals surface area contributed by atoms with Crippen molar-refractivity contribution >= 4 is 23.5 Å². The molecule has 1 atom stereocenters. The van der Waals surface area contributed by atoms with Crippen molar-refractivity contribution in [2.75, 3.05) is 12.4 Å². The van der Waals surface area contributed by atoms with E-state index in [-0.39, 0.29) is 18.7 Å². The molecule has 0 bridgehead atoms. The molecule has 1 aliphatic rings. The van der Waals surface area contributed by atoms with Crippen LogP contribution in [0, 0.1) is 0 Å². The standard InChI is InChI=1S/C19H19N3O4/c1-26-15-9-7-14(8-10-15)20-16(23)11-12-19(13-5-3-2-4-6-13)17(24)21-18(25)22-19/h2-10H,11-12H2,1H3,(H,20,23)(H2,21,22,24,25). The molecule has 0 aliphatic carbocycles. The van der Waals surface area contributed by atoms with Gasteiger partial charge in [-0.3, -0.25) is 14.9 Å². The first-order valence-electron chi connectivity index (χ1n) is 8.16. The molecule has 7 nitrogen and oxygen atoms in total. The SMILES string of the molecule is COc1ccc(NC(=O)CCC2(c3ccccc3)NC(=O)NC2=O)cc1. The van der Waals surface area contributed by atoms with E-state index in [4.69, 9.17) is 4.74 Å². The van der Waals surface area contributed by atoms with Crippen molar-refractivity contribution in [3.05, 3.63) is 60.2 Å². The Bertz CT molecular complexity index is 820. The minimum atomic E-state index is -1.24. The van der Waals surface area contributed by atoms with Gasteiger partial charge in [-0.1, -0.05) is 30.3 Å². The summed E-state index contributed by atoms with van der Waals surface area (Å²) in [6.07, 6.45) is 0.213. The molecule has 3 rings (SSSR count). The van der Waals surface area contributed by atoms with Gasteiger partial charge in [0.25, 0.3) is 5.91 Å². The van der Waals surface area contributed by atoms with Gasteiger partial charge in [0.2, 0.25) is 5.91 Å². The maximum absolute atomic E-state index is 12.4. The molecule has 1 aliphatic heterocycles. The van der Waals surface area contributed by atoms with Gasteiger partial charge in [-0.2, -0.15) is 0 Å². The molecule has 1 heterocycles. The number of anilines is 1. The summed E-state index contributed by atoms with van der Waals surface area (Å²) in [5.41, 5.74) is 0.0281. The van der Waals surface area contributed by atoms with Crippen LogP contribution in [0.2, 0.25) is 0 Å². The molecular formula is C19H19N3O4. The molecule has 3 N–H and O–H groups in total. The minimum Gasteiger partial charge on any atom is -0.497 e. The summed E-state index contributed by atoms with van der Waals surface area (Å²) in [6.45, 7) is 0.